The summed E-state index contributed by atoms with van der Waals surface area (Å²) in [6, 6.07) is -0.614. The summed E-state index contributed by atoms with van der Waals surface area (Å²) in [4.78, 5) is 36.8. The van der Waals surface area contributed by atoms with E-state index in [-0.39, 0.29) is 36.2 Å². The molecule has 0 bridgehead atoms. The van der Waals surface area contributed by atoms with E-state index < -0.39 is 18.1 Å². The van der Waals surface area contributed by atoms with E-state index in [9.17, 15) is 19.5 Å². The van der Waals surface area contributed by atoms with Gasteiger partial charge in [0, 0.05) is 19.3 Å². The van der Waals surface area contributed by atoms with Crippen molar-refractivity contribution in [3.8, 4) is 0 Å². The summed E-state index contributed by atoms with van der Waals surface area (Å²) in [7, 11) is 5.52. The molecule has 8 heteroatoms. The van der Waals surface area contributed by atoms with Gasteiger partial charge in [-0.05, 0) is 57.8 Å². The molecule has 0 aliphatic heterocycles. The number of aliphatic carboxylic acids is 1. The van der Waals surface area contributed by atoms with E-state index >= 15 is 0 Å². The number of carboxylic acids is 1. The predicted octanol–water partition coefficient (Wildman–Crippen LogP) is 10.9. The van der Waals surface area contributed by atoms with E-state index in [2.05, 4.69) is 38.2 Å². The Balaban J connectivity index is 4.38. The Morgan fingerprint density at radius 3 is 1.47 bits per heavy atom. The minimum absolute atomic E-state index is 0.0564. The molecule has 0 aliphatic rings. The van der Waals surface area contributed by atoms with E-state index in [1.54, 1.807) is 0 Å². The maximum absolute atomic E-state index is 12.7. The Kier molecular flexibility index (Phi) is 33.4. The van der Waals surface area contributed by atoms with Crippen molar-refractivity contribution in [1.82, 2.24) is 0 Å². The van der Waals surface area contributed by atoms with E-state index in [1.165, 1.54) is 83.5 Å². The second-order valence-corrected chi connectivity index (χ2v) is 15.2. The highest BCUT2D eigenvalue weighted by Crippen LogP contribution is 2.13. The Bertz CT molecular complexity index is 895. The SMILES string of the molecule is CCCC/C=C/CCCCCCCC(=O)OCC(COCCC(C(=O)O)[N+](C)(C)C)OC(=O)CCCCCCC/C=C/CCCCCCCCC. The molecule has 0 aliphatic carbocycles. The molecule has 0 radical (unpaired) electrons. The quantitative estimate of drug-likeness (QED) is 0.0295. The van der Waals surface area contributed by atoms with Gasteiger partial charge in [0.2, 0.25) is 0 Å². The topological polar surface area (TPSA) is 99.1 Å². The molecule has 0 aromatic carbocycles. The number of rotatable bonds is 37. The first-order valence-electron chi connectivity index (χ1n) is 20.9. The molecule has 1 N–H and O–H groups in total. The molecule has 2 unspecified atom stereocenters. The van der Waals surface area contributed by atoms with Crippen LogP contribution in [0.5, 0.6) is 0 Å². The molecular formula is C43H80NO7+. The summed E-state index contributed by atoms with van der Waals surface area (Å²) in [5, 5.41) is 9.59. The van der Waals surface area contributed by atoms with Gasteiger partial charge in [-0.25, -0.2) is 4.79 Å². The van der Waals surface area contributed by atoms with Gasteiger partial charge < -0.3 is 23.8 Å². The summed E-state index contributed by atoms with van der Waals surface area (Å²) in [6.45, 7) is 4.68. The second-order valence-electron chi connectivity index (χ2n) is 15.2. The zero-order chi connectivity index (χ0) is 37.8. The molecule has 0 heterocycles. The van der Waals surface area contributed by atoms with Crippen molar-refractivity contribution < 1.29 is 38.2 Å². The fourth-order valence-electron chi connectivity index (χ4n) is 6.01. The Labute approximate surface area is 313 Å². The maximum Gasteiger partial charge on any atom is 0.362 e. The summed E-state index contributed by atoms with van der Waals surface area (Å²) < 4.78 is 17.2. The lowest BCUT2D eigenvalue weighted by molar-refractivity contribution is -0.887. The number of carboxylic acid groups (broad SMARTS) is 1. The van der Waals surface area contributed by atoms with Crippen molar-refractivity contribution in [2.24, 2.45) is 0 Å². The number of hydrogen-bond acceptors (Lipinski definition) is 6. The lowest BCUT2D eigenvalue weighted by Crippen LogP contribution is -2.50. The average Bonchev–Trinajstić information content (AvgIpc) is 3.08. The van der Waals surface area contributed by atoms with Gasteiger partial charge in [0.25, 0.3) is 0 Å². The van der Waals surface area contributed by atoms with Crippen molar-refractivity contribution >= 4 is 17.9 Å². The van der Waals surface area contributed by atoms with Crippen molar-refractivity contribution in [2.45, 2.75) is 193 Å². The Morgan fingerprint density at radius 2 is 1.00 bits per heavy atom. The minimum Gasteiger partial charge on any atom is -0.477 e. The number of allylic oxidation sites excluding steroid dienone is 4. The van der Waals surface area contributed by atoms with Crippen LogP contribution < -0.4 is 0 Å². The number of hydrogen-bond donors (Lipinski definition) is 1. The lowest BCUT2D eigenvalue weighted by Gasteiger charge is -2.31. The fourth-order valence-corrected chi connectivity index (χ4v) is 6.01. The monoisotopic (exact) mass is 723 g/mol. The molecule has 0 aromatic heterocycles. The smallest absolute Gasteiger partial charge is 0.362 e. The van der Waals surface area contributed by atoms with Crippen LogP contribution in [0.1, 0.15) is 181 Å². The maximum atomic E-state index is 12.7. The van der Waals surface area contributed by atoms with E-state index in [0.717, 1.165) is 64.2 Å². The van der Waals surface area contributed by atoms with Gasteiger partial charge in [0.15, 0.2) is 12.1 Å². The van der Waals surface area contributed by atoms with Crippen LogP contribution in [0.4, 0.5) is 0 Å². The highest BCUT2D eigenvalue weighted by molar-refractivity contribution is 5.72. The number of ether oxygens (including phenoxy) is 3. The molecular weight excluding hydrogens is 642 g/mol. The van der Waals surface area contributed by atoms with Crippen LogP contribution in [0.2, 0.25) is 0 Å². The van der Waals surface area contributed by atoms with Crippen LogP contribution in [0.3, 0.4) is 0 Å². The van der Waals surface area contributed by atoms with Gasteiger partial charge >= 0.3 is 17.9 Å². The number of likely N-dealkylation sites (N-methyl/N-ethyl adjacent to an activating group) is 1. The van der Waals surface area contributed by atoms with Crippen LogP contribution in [-0.4, -0.2) is 80.6 Å². The molecule has 0 fully saturated rings. The third-order valence-electron chi connectivity index (χ3n) is 9.32. The normalized spacial score (nSPS) is 13.2. The zero-order valence-electron chi connectivity index (χ0n) is 33.8. The number of nitrogens with zero attached hydrogens (tertiary/aromatic N) is 1. The van der Waals surface area contributed by atoms with Crippen LogP contribution in [0.15, 0.2) is 24.3 Å². The summed E-state index contributed by atoms with van der Waals surface area (Å²) >= 11 is 0. The molecule has 51 heavy (non-hydrogen) atoms. The molecule has 0 spiro atoms. The lowest BCUT2D eigenvalue weighted by atomic mass is 10.1. The fraction of sp³-hybridized carbons (Fsp3) is 0.837. The summed E-state index contributed by atoms with van der Waals surface area (Å²) in [6.07, 6.45) is 36.4. The molecule has 0 saturated carbocycles. The number of unbranched alkanes of at least 4 members (excludes halogenated alkanes) is 19. The van der Waals surface area contributed by atoms with Gasteiger partial charge in [-0.1, -0.05) is 128 Å². The van der Waals surface area contributed by atoms with Gasteiger partial charge in [0.1, 0.15) is 6.61 Å². The standard InChI is InChI=1S/C43H79NO7/c1-6-8-10-12-14-16-18-19-20-21-22-24-26-28-30-32-34-42(46)51-39(37-49-36-35-40(43(47)48)44(3,4)5)38-50-41(45)33-31-29-27-25-23-17-15-13-11-9-7-2/h13,15,20-21,39-40H,6-12,14,16-19,22-38H2,1-5H3/p+1/b15-13+,21-20+. The number of carbonyl (C=O) groups is 3. The van der Waals surface area contributed by atoms with Gasteiger partial charge in [-0.15, -0.1) is 0 Å². The zero-order valence-corrected chi connectivity index (χ0v) is 33.8. The third kappa shape index (κ3) is 33.4. The predicted molar refractivity (Wildman–Crippen MR) is 211 cm³/mol. The molecule has 8 nitrogen and oxygen atoms in total. The van der Waals surface area contributed by atoms with E-state index in [1.807, 2.05) is 21.1 Å². The molecule has 0 aromatic rings. The van der Waals surface area contributed by atoms with Gasteiger partial charge in [0.05, 0.1) is 34.4 Å². The largest absolute Gasteiger partial charge is 0.477 e. The Morgan fingerprint density at radius 1 is 0.569 bits per heavy atom. The van der Waals surface area contributed by atoms with Gasteiger partial charge in [-0.2, -0.15) is 0 Å². The van der Waals surface area contributed by atoms with Crippen LogP contribution in [-0.2, 0) is 28.6 Å². The van der Waals surface area contributed by atoms with Crippen molar-refractivity contribution in [1.29, 1.82) is 0 Å². The van der Waals surface area contributed by atoms with Crippen LogP contribution >= 0.6 is 0 Å². The van der Waals surface area contributed by atoms with Crippen molar-refractivity contribution in [3.63, 3.8) is 0 Å². The van der Waals surface area contributed by atoms with E-state index in [0.29, 0.717) is 19.3 Å². The van der Waals surface area contributed by atoms with Crippen molar-refractivity contribution in [3.05, 3.63) is 24.3 Å². The van der Waals surface area contributed by atoms with Crippen molar-refractivity contribution in [2.75, 3.05) is 41.0 Å². The van der Waals surface area contributed by atoms with Crippen LogP contribution in [0, 0.1) is 0 Å². The molecule has 0 amide bonds. The highest BCUT2D eigenvalue weighted by atomic mass is 16.6. The summed E-state index contributed by atoms with van der Waals surface area (Å²) in [5.74, 6) is -1.49. The Hall–Kier alpha value is -2.19. The highest BCUT2D eigenvalue weighted by Gasteiger charge is 2.31. The number of quaternary nitrogens is 1. The first kappa shape index (κ1) is 48.8. The van der Waals surface area contributed by atoms with E-state index in [4.69, 9.17) is 14.2 Å². The first-order chi connectivity index (χ1) is 24.6. The molecule has 0 saturated heterocycles. The first-order valence-corrected chi connectivity index (χ1v) is 20.9. The minimum atomic E-state index is -0.877. The second kappa shape index (κ2) is 34.9. The van der Waals surface area contributed by atoms with Gasteiger partial charge in [-0.3, -0.25) is 9.59 Å². The average molecular weight is 723 g/mol. The molecule has 298 valence electrons. The number of carbonyl (C=O) groups excluding carboxylic acids is 2. The summed E-state index contributed by atoms with van der Waals surface area (Å²) in [5.41, 5.74) is 0. The molecule has 2 atom stereocenters. The molecule has 0 rings (SSSR count). The van der Waals surface area contributed by atoms with Crippen LogP contribution in [0.25, 0.3) is 0 Å². The third-order valence-corrected chi connectivity index (χ3v) is 9.32. The number of esters is 2.